The van der Waals surface area contributed by atoms with E-state index in [2.05, 4.69) is 5.32 Å². The standard InChI is InChI=1S/C22H30N2O6/c1-14(2)16(11-19(26)29-13-15-9-7-6-8-10-15)20(27)24-17(12-18(23)25)21(28)30-22(3,4)5/h6-10,17H,11-13H2,1-5H3,(H2,23,25)(H,24,27)/t17-/m0/s1. The fourth-order valence-corrected chi connectivity index (χ4v) is 2.43. The van der Waals surface area contributed by atoms with Gasteiger partial charge in [0.25, 0.3) is 0 Å². The van der Waals surface area contributed by atoms with E-state index in [1.807, 2.05) is 30.3 Å². The molecule has 1 atom stereocenters. The van der Waals surface area contributed by atoms with Crippen LogP contribution >= 0.6 is 0 Å². The number of nitrogens with two attached hydrogens (primary N) is 1. The molecule has 0 aliphatic rings. The zero-order valence-corrected chi connectivity index (χ0v) is 18.1. The van der Waals surface area contributed by atoms with Crippen LogP contribution in [0.25, 0.3) is 0 Å². The first kappa shape index (κ1) is 24.9. The van der Waals surface area contributed by atoms with Crippen molar-refractivity contribution in [2.75, 3.05) is 0 Å². The summed E-state index contributed by atoms with van der Waals surface area (Å²) in [6, 6.07) is 7.88. The number of hydrogen-bond donors (Lipinski definition) is 2. The summed E-state index contributed by atoms with van der Waals surface area (Å²) in [4.78, 5) is 48.6. The van der Waals surface area contributed by atoms with Crippen LogP contribution in [0.2, 0.25) is 0 Å². The lowest BCUT2D eigenvalue weighted by molar-refractivity contribution is -0.159. The van der Waals surface area contributed by atoms with Gasteiger partial charge in [0.2, 0.25) is 11.8 Å². The van der Waals surface area contributed by atoms with Gasteiger partial charge in [-0.1, -0.05) is 35.9 Å². The monoisotopic (exact) mass is 418 g/mol. The maximum absolute atomic E-state index is 12.7. The molecule has 1 rings (SSSR count). The lowest BCUT2D eigenvalue weighted by Crippen LogP contribution is -2.46. The van der Waals surface area contributed by atoms with Crippen molar-refractivity contribution in [1.29, 1.82) is 0 Å². The molecule has 8 heteroatoms. The molecule has 0 aromatic heterocycles. The summed E-state index contributed by atoms with van der Waals surface area (Å²) in [5, 5.41) is 2.45. The average molecular weight is 418 g/mol. The third-order valence-corrected chi connectivity index (χ3v) is 3.84. The molecule has 1 aromatic carbocycles. The van der Waals surface area contributed by atoms with Crippen LogP contribution < -0.4 is 11.1 Å². The van der Waals surface area contributed by atoms with Crippen LogP contribution in [0.3, 0.4) is 0 Å². The molecule has 1 aromatic rings. The van der Waals surface area contributed by atoms with Crippen LogP contribution in [0.1, 0.15) is 53.0 Å². The molecule has 0 saturated carbocycles. The molecule has 0 unspecified atom stereocenters. The number of esters is 2. The van der Waals surface area contributed by atoms with Crippen molar-refractivity contribution in [2.45, 2.75) is 65.7 Å². The zero-order chi connectivity index (χ0) is 22.9. The van der Waals surface area contributed by atoms with Gasteiger partial charge in [-0.05, 0) is 40.2 Å². The molecular weight excluding hydrogens is 388 g/mol. The summed E-state index contributed by atoms with van der Waals surface area (Å²) < 4.78 is 10.5. The number of rotatable bonds is 9. The van der Waals surface area contributed by atoms with Crippen molar-refractivity contribution >= 4 is 23.8 Å². The summed E-state index contributed by atoms with van der Waals surface area (Å²) in [6.07, 6.45) is -0.701. The maximum atomic E-state index is 12.7. The molecule has 164 valence electrons. The lowest BCUT2D eigenvalue weighted by atomic mass is 10.1. The van der Waals surface area contributed by atoms with E-state index in [0.717, 1.165) is 5.56 Å². The van der Waals surface area contributed by atoms with Crippen molar-refractivity contribution in [1.82, 2.24) is 5.32 Å². The van der Waals surface area contributed by atoms with Gasteiger partial charge in [-0.15, -0.1) is 0 Å². The number of amides is 2. The van der Waals surface area contributed by atoms with E-state index in [9.17, 15) is 19.2 Å². The minimum absolute atomic E-state index is 0.0829. The van der Waals surface area contributed by atoms with Crippen molar-refractivity contribution in [3.05, 3.63) is 47.0 Å². The normalized spacial score (nSPS) is 11.8. The van der Waals surface area contributed by atoms with E-state index in [1.165, 1.54) is 0 Å². The van der Waals surface area contributed by atoms with Gasteiger partial charge in [-0.25, -0.2) is 4.79 Å². The van der Waals surface area contributed by atoms with Gasteiger partial charge in [-0.2, -0.15) is 0 Å². The number of allylic oxidation sites excluding steroid dienone is 1. The molecule has 0 aliphatic carbocycles. The zero-order valence-electron chi connectivity index (χ0n) is 18.1. The molecule has 0 radical (unpaired) electrons. The molecule has 0 spiro atoms. The summed E-state index contributed by atoms with van der Waals surface area (Å²) in [7, 11) is 0. The third kappa shape index (κ3) is 9.36. The van der Waals surface area contributed by atoms with Gasteiger partial charge < -0.3 is 20.5 Å². The van der Waals surface area contributed by atoms with Crippen LogP contribution in [-0.2, 0) is 35.3 Å². The highest BCUT2D eigenvalue weighted by Gasteiger charge is 2.29. The first-order chi connectivity index (χ1) is 13.9. The summed E-state index contributed by atoms with van der Waals surface area (Å²) in [5.41, 5.74) is 5.93. The number of carbonyl (C=O) groups is 4. The molecule has 0 bridgehead atoms. The molecule has 2 amide bonds. The molecule has 0 heterocycles. The summed E-state index contributed by atoms with van der Waals surface area (Å²) >= 11 is 0. The molecule has 3 N–H and O–H groups in total. The molecule has 8 nitrogen and oxygen atoms in total. The van der Waals surface area contributed by atoms with Gasteiger partial charge in [-0.3, -0.25) is 14.4 Å². The van der Waals surface area contributed by atoms with Crippen LogP contribution in [-0.4, -0.2) is 35.4 Å². The SMILES string of the molecule is CC(C)=C(CC(=O)OCc1ccccc1)C(=O)N[C@@H](CC(N)=O)C(=O)OC(C)(C)C. The Hall–Kier alpha value is -3.16. The Labute approximate surface area is 176 Å². The second-order valence-corrected chi connectivity index (χ2v) is 8.03. The largest absolute Gasteiger partial charge is 0.461 e. The van der Waals surface area contributed by atoms with E-state index < -0.39 is 41.8 Å². The van der Waals surface area contributed by atoms with Crippen LogP contribution in [0.4, 0.5) is 0 Å². The number of benzene rings is 1. The molecule has 0 saturated heterocycles. The van der Waals surface area contributed by atoms with Crippen LogP contribution in [0, 0.1) is 0 Å². The maximum Gasteiger partial charge on any atom is 0.329 e. The number of ether oxygens (including phenoxy) is 2. The second-order valence-electron chi connectivity index (χ2n) is 8.03. The Morgan fingerprint density at radius 3 is 2.17 bits per heavy atom. The van der Waals surface area contributed by atoms with Crippen molar-refractivity contribution in [3.8, 4) is 0 Å². The molecule has 0 fully saturated rings. The van der Waals surface area contributed by atoms with Gasteiger partial charge in [0, 0.05) is 5.57 Å². The van der Waals surface area contributed by atoms with Gasteiger partial charge in [0.1, 0.15) is 18.2 Å². The van der Waals surface area contributed by atoms with Gasteiger partial charge in [0.15, 0.2) is 0 Å². The van der Waals surface area contributed by atoms with E-state index in [4.69, 9.17) is 15.2 Å². The van der Waals surface area contributed by atoms with Crippen LogP contribution in [0.15, 0.2) is 41.5 Å². The third-order valence-electron chi connectivity index (χ3n) is 3.84. The Balaban J connectivity index is 2.82. The van der Waals surface area contributed by atoms with Crippen molar-refractivity contribution < 1.29 is 28.7 Å². The Bertz CT molecular complexity index is 805. The van der Waals surface area contributed by atoms with E-state index in [0.29, 0.717) is 5.57 Å². The van der Waals surface area contributed by atoms with Gasteiger partial charge in [0.05, 0.1) is 12.8 Å². The topological polar surface area (TPSA) is 125 Å². The second kappa shape index (κ2) is 11.1. The van der Waals surface area contributed by atoms with Crippen LogP contribution in [0.5, 0.6) is 0 Å². The summed E-state index contributed by atoms with van der Waals surface area (Å²) in [6.45, 7) is 8.40. The Morgan fingerprint density at radius 1 is 1.07 bits per heavy atom. The Kier molecular flexibility index (Phi) is 9.23. The molecule has 30 heavy (non-hydrogen) atoms. The number of carbonyl (C=O) groups excluding carboxylic acids is 4. The highest BCUT2D eigenvalue weighted by Crippen LogP contribution is 2.14. The Morgan fingerprint density at radius 2 is 1.67 bits per heavy atom. The number of nitrogens with one attached hydrogen (secondary N) is 1. The first-order valence-corrected chi connectivity index (χ1v) is 9.57. The molecule has 0 aliphatic heterocycles. The lowest BCUT2D eigenvalue weighted by Gasteiger charge is -2.24. The first-order valence-electron chi connectivity index (χ1n) is 9.57. The van der Waals surface area contributed by atoms with Gasteiger partial charge >= 0.3 is 11.9 Å². The highest BCUT2D eigenvalue weighted by molar-refractivity contribution is 6.00. The number of primary amides is 1. The van der Waals surface area contributed by atoms with Crippen molar-refractivity contribution in [3.63, 3.8) is 0 Å². The quantitative estimate of drug-likeness (QED) is 0.468. The fraction of sp³-hybridized carbons (Fsp3) is 0.455. The smallest absolute Gasteiger partial charge is 0.329 e. The van der Waals surface area contributed by atoms with E-state index >= 15 is 0 Å². The minimum atomic E-state index is -1.26. The predicted molar refractivity (Wildman–Crippen MR) is 111 cm³/mol. The van der Waals surface area contributed by atoms with E-state index in [1.54, 1.807) is 34.6 Å². The van der Waals surface area contributed by atoms with E-state index in [-0.39, 0.29) is 18.6 Å². The van der Waals surface area contributed by atoms with Crippen molar-refractivity contribution in [2.24, 2.45) is 5.73 Å². The predicted octanol–water partition coefficient (Wildman–Crippen LogP) is 2.16. The minimum Gasteiger partial charge on any atom is -0.461 e. The molecular formula is C22H30N2O6. The fourth-order valence-electron chi connectivity index (χ4n) is 2.43. The highest BCUT2D eigenvalue weighted by atomic mass is 16.6. The summed E-state index contributed by atoms with van der Waals surface area (Å²) in [5.74, 6) is -2.81. The number of hydrogen-bond acceptors (Lipinski definition) is 6. The average Bonchev–Trinajstić information content (AvgIpc) is 2.62.